The maximum Gasteiger partial charge on any atom is 0.225 e. The lowest BCUT2D eigenvalue weighted by Gasteiger charge is -1.97. The summed E-state index contributed by atoms with van der Waals surface area (Å²) in [5.41, 5.74) is 0.857. The first-order valence-electron chi connectivity index (χ1n) is 3.02. The molecule has 5 heteroatoms. The Hall–Kier alpha value is -0.670. The quantitative estimate of drug-likeness (QED) is 0.461. The molecule has 1 aromatic rings. The van der Waals surface area contributed by atoms with Crippen LogP contribution in [0.25, 0.3) is 0 Å². The van der Waals surface area contributed by atoms with Crippen LogP contribution in [0.2, 0.25) is 10.4 Å². The first-order chi connectivity index (χ1) is 5.27. The molecule has 0 aromatic carbocycles. The molecule has 0 aliphatic carbocycles. The lowest BCUT2D eigenvalue weighted by atomic mass is 10.3. The summed E-state index contributed by atoms with van der Waals surface area (Å²) < 4.78 is 0. The van der Waals surface area contributed by atoms with Crippen molar-refractivity contribution in [1.82, 2.24) is 9.97 Å². The van der Waals surface area contributed by atoms with E-state index in [1.54, 1.807) is 6.21 Å². The van der Waals surface area contributed by atoms with Crippen molar-refractivity contribution in [1.29, 1.82) is 0 Å². The minimum absolute atomic E-state index is 0.146. The van der Waals surface area contributed by atoms with Gasteiger partial charge in [-0.3, -0.25) is 0 Å². The molecule has 0 saturated heterocycles. The monoisotopic (exact) mass is 187 g/mol. The first kappa shape index (κ1) is 7.00. The zero-order valence-electron chi connectivity index (χ0n) is 5.38. The molecule has 1 aliphatic rings. The third kappa shape index (κ3) is 1.10. The molecule has 1 aromatic heterocycles. The number of aromatic nitrogens is 2. The van der Waals surface area contributed by atoms with E-state index in [-0.39, 0.29) is 5.28 Å². The highest BCUT2D eigenvalue weighted by Crippen LogP contribution is 2.28. The van der Waals surface area contributed by atoms with E-state index >= 15 is 0 Å². The van der Waals surface area contributed by atoms with Crippen LogP contribution >= 0.6 is 23.2 Å². The fourth-order valence-electron chi connectivity index (χ4n) is 0.926. The molecular formula is C6H3Cl2N3. The van der Waals surface area contributed by atoms with Crippen LogP contribution in [0.1, 0.15) is 5.56 Å². The van der Waals surface area contributed by atoms with Crippen LogP contribution in [0.5, 0.6) is 0 Å². The maximum absolute atomic E-state index is 5.76. The maximum atomic E-state index is 5.76. The van der Waals surface area contributed by atoms with Crippen LogP contribution in [-0.4, -0.2) is 16.2 Å². The van der Waals surface area contributed by atoms with Crippen molar-refractivity contribution in [2.24, 2.45) is 4.99 Å². The molecule has 0 unspecified atom stereocenters. The summed E-state index contributed by atoms with van der Waals surface area (Å²) in [5.74, 6) is 0.593. The van der Waals surface area contributed by atoms with Crippen molar-refractivity contribution < 1.29 is 0 Å². The first-order valence-corrected chi connectivity index (χ1v) is 3.77. The number of fused-ring (bicyclic) bond motifs is 1. The number of hydrogen-bond acceptors (Lipinski definition) is 3. The number of hydrogen-bond donors (Lipinski definition) is 0. The molecule has 0 amide bonds. The van der Waals surface area contributed by atoms with E-state index in [2.05, 4.69) is 15.0 Å². The third-order valence-electron chi connectivity index (χ3n) is 1.42. The average Bonchev–Trinajstić information content (AvgIpc) is 2.34. The predicted octanol–water partition coefficient (Wildman–Crippen LogP) is 2.04. The zero-order chi connectivity index (χ0) is 7.84. The van der Waals surface area contributed by atoms with Crippen LogP contribution in [-0.2, 0) is 6.42 Å². The normalized spacial score (nSPS) is 13.6. The average molecular weight is 188 g/mol. The highest BCUT2D eigenvalue weighted by Gasteiger charge is 2.13. The van der Waals surface area contributed by atoms with Gasteiger partial charge in [-0.2, -0.15) is 4.98 Å². The van der Waals surface area contributed by atoms with Crippen LogP contribution in [0.15, 0.2) is 4.99 Å². The second kappa shape index (κ2) is 2.43. The van der Waals surface area contributed by atoms with Gasteiger partial charge in [-0.15, -0.1) is 0 Å². The van der Waals surface area contributed by atoms with E-state index in [0.29, 0.717) is 17.4 Å². The molecule has 3 nitrogen and oxygen atoms in total. The molecule has 1 aliphatic heterocycles. The van der Waals surface area contributed by atoms with Crippen molar-refractivity contribution >= 4 is 35.2 Å². The van der Waals surface area contributed by atoms with Gasteiger partial charge >= 0.3 is 0 Å². The van der Waals surface area contributed by atoms with E-state index in [4.69, 9.17) is 23.2 Å². The molecular weight excluding hydrogens is 185 g/mol. The van der Waals surface area contributed by atoms with Crippen molar-refractivity contribution in [2.75, 3.05) is 0 Å². The van der Waals surface area contributed by atoms with Crippen molar-refractivity contribution in [3.05, 3.63) is 16.0 Å². The van der Waals surface area contributed by atoms with Gasteiger partial charge in [0.2, 0.25) is 5.28 Å². The third-order valence-corrected chi connectivity index (χ3v) is 1.90. The Morgan fingerprint density at radius 2 is 2.09 bits per heavy atom. The van der Waals surface area contributed by atoms with E-state index in [9.17, 15) is 0 Å². The topological polar surface area (TPSA) is 38.1 Å². The summed E-state index contributed by atoms with van der Waals surface area (Å²) in [6.45, 7) is 0. The van der Waals surface area contributed by atoms with Gasteiger partial charge in [-0.25, -0.2) is 9.98 Å². The summed E-state index contributed by atoms with van der Waals surface area (Å²) in [6.07, 6.45) is 2.44. The molecule has 0 saturated carbocycles. The Balaban J connectivity index is 2.66. The number of aliphatic imine (C=N–C) groups is 1. The molecule has 56 valence electrons. The second-order valence-electron chi connectivity index (χ2n) is 2.10. The van der Waals surface area contributed by atoms with Crippen LogP contribution in [0.3, 0.4) is 0 Å². The molecule has 2 heterocycles. The van der Waals surface area contributed by atoms with E-state index in [0.717, 1.165) is 5.56 Å². The molecule has 0 fully saturated rings. The van der Waals surface area contributed by atoms with Gasteiger partial charge in [-0.05, 0) is 11.6 Å². The van der Waals surface area contributed by atoms with Crippen molar-refractivity contribution in [2.45, 2.75) is 6.42 Å². The molecule has 0 radical (unpaired) electrons. The molecule has 0 N–H and O–H groups in total. The Bertz CT molecular complexity index is 335. The fraction of sp³-hybridized carbons (Fsp3) is 0.167. The largest absolute Gasteiger partial charge is 0.241 e. The van der Waals surface area contributed by atoms with Gasteiger partial charge in [0.25, 0.3) is 0 Å². The lowest BCUT2D eigenvalue weighted by Crippen LogP contribution is -1.89. The Labute approximate surface area is 73.1 Å². The summed E-state index contributed by atoms with van der Waals surface area (Å²) in [4.78, 5) is 11.6. The lowest BCUT2D eigenvalue weighted by molar-refractivity contribution is 1.13. The minimum Gasteiger partial charge on any atom is -0.241 e. The number of halogens is 2. The van der Waals surface area contributed by atoms with Crippen LogP contribution < -0.4 is 0 Å². The minimum atomic E-state index is 0.146. The zero-order valence-corrected chi connectivity index (χ0v) is 6.89. The van der Waals surface area contributed by atoms with Gasteiger partial charge < -0.3 is 0 Å². The van der Waals surface area contributed by atoms with Crippen LogP contribution in [0.4, 0.5) is 5.82 Å². The van der Waals surface area contributed by atoms with Crippen molar-refractivity contribution in [3.8, 4) is 0 Å². The Kier molecular flexibility index (Phi) is 1.55. The van der Waals surface area contributed by atoms with Gasteiger partial charge in [0.05, 0.1) is 0 Å². The van der Waals surface area contributed by atoms with E-state index in [1.807, 2.05) is 0 Å². The highest BCUT2D eigenvalue weighted by atomic mass is 35.5. The highest BCUT2D eigenvalue weighted by molar-refractivity contribution is 6.32. The van der Waals surface area contributed by atoms with Crippen molar-refractivity contribution in [3.63, 3.8) is 0 Å². The fourth-order valence-corrected chi connectivity index (χ4v) is 1.38. The Morgan fingerprint density at radius 3 is 2.91 bits per heavy atom. The van der Waals surface area contributed by atoms with Gasteiger partial charge in [0.15, 0.2) is 5.82 Å². The van der Waals surface area contributed by atoms with Gasteiger partial charge in [0, 0.05) is 18.2 Å². The Morgan fingerprint density at radius 1 is 1.27 bits per heavy atom. The van der Waals surface area contributed by atoms with E-state index < -0.39 is 0 Å². The summed E-state index contributed by atoms with van der Waals surface area (Å²) >= 11 is 11.3. The summed E-state index contributed by atoms with van der Waals surface area (Å²) in [6, 6.07) is 0. The molecule has 2 rings (SSSR count). The molecule has 0 atom stereocenters. The van der Waals surface area contributed by atoms with Gasteiger partial charge in [-0.1, -0.05) is 11.6 Å². The molecule has 0 spiro atoms. The number of rotatable bonds is 0. The standard InChI is InChI=1S/C6H3Cl2N3/c7-4-3-1-2-9-5(3)11-6(8)10-4/h2H,1H2. The summed E-state index contributed by atoms with van der Waals surface area (Å²) in [5, 5.41) is 0.547. The van der Waals surface area contributed by atoms with Gasteiger partial charge in [0.1, 0.15) is 5.15 Å². The number of nitrogens with zero attached hydrogens (tertiary/aromatic N) is 3. The SMILES string of the molecule is Clc1nc(Cl)c2c(n1)N=CC2. The summed E-state index contributed by atoms with van der Waals surface area (Å²) in [7, 11) is 0. The predicted molar refractivity (Wildman–Crippen MR) is 43.9 cm³/mol. The molecule has 0 bridgehead atoms. The van der Waals surface area contributed by atoms with Crippen LogP contribution in [0, 0.1) is 0 Å². The van der Waals surface area contributed by atoms with E-state index in [1.165, 1.54) is 0 Å². The second-order valence-corrected chi connectivity index (χ2v) is 2.80. The molecule has 11 heavy (non-hydrogen) atoms. The smallest absolute Gasteiger partial charge is 0.225 e.